The lowest BCUT2D eigenvalue weighted by Gasteiger charge is -2.18. The lowest BCUT2D eigenvalue weighted by atomic mass is 10.3. The van der Waals surface area contributed by atoms with E-state index in [1.165, 1.54) is 0 Å². The van der Waals surface area contributed by atoms with Crippen LogP contribution >= 0.6 is 15.9 Å². The van der Waals surface area contributed by atoms with E-state index in [0.717, 1.165) is 41.7 Å². The molecule has 2 rings (SSSR count). The van der Waals surface area contributed by atoms with E-state index in [1.54, 1.807) is 0 Å². The molecule has 0 bridgehead atoms. The molecule has 0 aliphatic rings. The van der Waals surface area contributed by atoms with Crippen LogP contribution in [0.3, 0.4) is 0 Å². The number of benzene rings is 1. The van der Waals surface area contributed by atoms with Gasteiger partial charge in [0.05, 0.1) is 11.0 Å². The molecule has 0 unspecified atom stereocenters. The zero-order valence-corrected chi connectivity index (χ0v) is 12.4. The number of halogens is 1. The van der Waals surface area contributed by atoms with E-state index >= 15 is 0 Å². The van der Waals surface area contributed by atoms with Crippen molar-refractivity contribution in [1.82, 2.24) is 14.5 Å². The number of likely N-dealkylation sites (N-methyl/N-ethyl adjacent to an activating group) is 1. The predicted molar refractivity (Wildman–Crippen MR) is 79.6 cm³/mol. The Morgan fingerprint density at radius 3 is 2.72 bits per heavy atom. The third-order valence-corrected chi connectivity index (χ3v) is 3.77. The number of aromatic nitrogens is 2. The van der Waals surface area contributed by atoms with Gasteiger partial charge in [0, 0.05) is 17.6 Å². The number of nitrogens with zero attached hydrogens (tertiary/aromatic N) is 3. The molecule has 2 aromatic rings. The van der Waals surface area contributed by atoms with Crippen LogP contribution in [0, 0.1) is 0 Å². The summed E-state index contributed by atoms with van der Waals surface area (Å²) in [5, 5.41) is 0. The van der Waals surface area contributed by atoms with Gasteiger partial charge in [0.15, 0.2) is 0 Å². The van der Waals surface area contributed by atoms with Gasteiger partial charge in [-0.3, -0.25) is 0 Å². The summed E-state index contributed by atoms with van der Waals surface area (Å²) in [6.45, 7) is 8.36. The second-order valence-corrected chi connectivity index (χ2v) is 5.20. The molecule has 0 radical (unpaired) electrons. The number of hydrogen-bond donors (Lipinski definition) is 1. The second-order valence-electron chi connectivity index (χ2n) is 4.28. The van der Waals surface area contributed by atoms with Crippen LogP contribution < -0.4 is 5.73 Å². The first-order valence-electron chi connectivity index (χ1n) is 6.29. The molecule has 0 atom stereocenters. The number of imidazole rings is 1. The van der Waals surface area contributed by atoms with Crippen molar-refractivity contribution in [2.24, 2.45) is 0 Å². The molecule has 1 heterocycles. The van der Waals surface area contributed by atoms with Gasteiger partial charge in [0.1, 0.15) is 0 Å². The molecule has 98 valence electrons. The Hall–Kier alpha value is -1.07. The van der Waals surface area contributed by atoms with Crippen molar-refractivity contribution in [1.29, 1.82) is 0 Å². The van der Waals surface area contributed by atoms with Crippen LogP contribution in [0.2, 0.25) is 0 Å². The largest absolute Gasteiger partial charge is 0.369 e. The van der Waals surface area contributed by atoms with E-state index in [-0.39, 0.29) is 0 Å². The minimum Gasteiger partial charge on any atom is -0.369 e. The number of anilines is 1. The van der Waals surface area contributed by atoms with Gasteiger partial charge in [0.25, 0.3) is 0 Å². The Kier molecular flexibility index (Phi) is 4.24. The van der Waals surface area contributed by atoms with Crippen molar-refractivity contribution in [2.75, 3.05) is 25.4 Å². The summed E-state index contributed by atoms with van der Waals surface area (Å²) < 4.78 is 3.11. The zero-order chi connectivity index (χ0) is 13.1. The molecule has 0 aliphatic carbocycles. The average molecular weight is 311 g/mol. The standard InChI is InChI=1S/C13H19BrN4/c1-3-17(4-2)7-8-18-12-6-5-10(14)9-11(12)16-13(18)15/h5-6,9H,3-4,7-8H2,1-2H3,(H2,15,16). The molecule has 0 spiro atoms. The number of rotatable bonds is 5. The Morgan fingerprint density at radius 1 is 1.33 bits per heavy atom. The van der Waals surface area contributed by atoms with Crippen molar-refractivity contribution in [3.63, 3.8) is 0 Å². The fourth-order valence-corrected chi connectivity index (χ4v) is 2.49. The molecule has 0 saturated heterocycles. The number of hydrogen-bond acceptors (Lipinski definition) is 3. The van der Waals surface area contributed by atoms with Crippen LogP contribution in [0.1, 0.15) is 13.8 Å². The van der Waals surface area contributed by atoms with Crippen molar-refractivity contribution < 1.29 is 0 Å². The first-order chi connectivity index (χ1) is 8.65. The first kappa shape index (κ1) is 13.4. The highest BCUT2D eigenvalue weighted by molar-refractivity contribution is 9.10. The third kappa shape index (κ3) is 2.67. The minimum absolute atomic E-state index is 0.593. The number of nitrogens with two attached hydrogens (primary N) is 1. The summed E-state index contributed by atoms with van der Waals surface area (Å²) in [5.74, 6) is 0.593. The Balaban J connectivity index is 2.24. The van der Waals surface area contributed by atoms with Gasteiger partial charge in [-0.2, -0.15) is 0 Å². The molecule has 0 aliphatic heterocycles. The van der Waals surface area contributed by atoms with Gasteiger partial charge in [-0.15, -0.1) is 0 Å². The van der Waals surface area contributed by atoms with Crippen LogP contribution in [-0.4, -0.2) is 34.1 Å². The minimum atomic E-state index is 0.593. The monoisotopic (exact) mass is 310 g/mol. The summed E-state index contributed by atoms with van der Waals surface area (Å²) in [5.41, 5.74) is 8.04. The van der Waals surface area contributed by atoms with Crippen LogP contribution in [0.5, 0.6) is 0 Å². The smallest absolute Gasteiger partial charge is 0.201 e. The fourth-order valence-electron chi connectivity index (χ4n) is 2.14. The van der Waals surface area contributed by atoms with Gasteiger partial charge in [0.2, 0.25) is 5.95 Å². The molecule has 1 aromatic heterocycles. The van der Waals surface area contributed by atoms with Crippen LogP contribution in [0.25, 0.3) is 11.0 Å². The SMILES string of the molecule is CCN(CC)CCn1c(N)nc2cc(Br)ccc21. The fraction of sp³-hybridized carbons (Fsp3) is 0.462. The molecule has 0 amide bonds. The summed E-state index contributed by atoms with van der Waals surface area (Å²) >= 11 is 3.45. The van der Waals surface area contributed by atoms with E-state index in [0.29, 0.717) is 5.95 Å². The Bertz CT molecular complexity index is 531. The van der Waals surface area contributed by atoms with Gasteiger partial charge in [-0.05, 0) is 31.3 Å². The Morgan fingerprint density at radius 2 is 2.06 bits per heavy atom. The van der Waals surface area contributed by atoms with Crippen molar-refractivity contribution in [2.45, 2.75) is 20.4 Å². The Labute approximate surface area is 116 Å². The van der Waals surface area contributed by atoms with Gasteiger partial charge >= 0.3 is 0 Å². The van der Waals surface area contributed by atoms with Crippen LogP contribution in [0.4, 0.5) is 5.95 Å². The maximum atomic E-state index is 5.99. The summed E-state index contributed by atoms with van der Waals surface area (Å²) in [7, 11) is 0. The van der Waals surface area contributed by atoms with E-state index in [4.69, 9.17) is 5.73 Å². The van der Waals surface area contributed by atoms with Crippen LogP contribution in [-0.2, 0) is 6.54 Å². The molecule has 18 heavy (non-hydrogen) atoms. The highest BCUT2D eigenvalue weighted by Gasteiger charge is 2.09. The highest BCUT2D eigenvalue weighted by Crippen LogP contribution is 2.21. The zero-order valence-electron chi connectivity index (χ0n) is 10.9. The molecule has 0 saturated carbocycles. The van der Waals surface area contributed by atoms with Crippen molar-refractivity contribution in [3.8, 4) is 0 Å². The van der Waals surface area contributed by atoms with E-state index in [2.05, 4.69) is 50.3 Å². The van der Waals surface area contributed by atoms with Gasteiger partial charge in [-0.25, -0.2) is 4.98 Å². The lowest BCUT2D eigenvalue weighted by Crippen LogP contribution is -2.27. The average Bonchev–Trinajstić information content (AvgIpc) is 2.66. The second kappa shape index (κ2) is 5.71. The summed E-state index contributed by atoms with van der Waals surface area (Å²) in [6, 6.07) is 6.09. The quantitative estimate of drug-likeness (QED) is 0.923. The maximum absolute atomic E-state index is 5.99. The molecular formula is C13H19BrN4. The van der Waals surface area contributed by atoms with Crippen LogP contribution in [0.15, 0.2) is 22.7 Å². The normalized spacial score (nSPS) is 11.6. The first-order valence-corrected chi connectivity index (χ1v) is 7.08. The van der Waals surface area contributed by atoms with E-state index in [9.17, 15) is 0 Å². The maximum Gasteiger partial charge on any atom is 0.201 e. The van der Waals surface area contributed by atoms with Gasteiger partial charge in [-0.1, -0.05) is 29.8 Å². The molecular weight excluding hydrogens is 292 g/mol. The van der Waals surface area contributed by atoms with Gasteiger partial charge < -0.3 is 15.2 Å². The number of nitrogen functional groups attached to an aromatic ring is 1. The van der Waals surface area contributed by atoms with Crippen molar-refractivity contribution in [3.05, 3.63) is 22.7 Å². The molecule has 0 fully saturated rings. The highest BCUT2D eigenvalue weighted by atomic mass is 79.9. The molecule has 1 aromatic carbocycles. The van der Waals surface area contributed by atoms with E-state index in [1.807, 2.05) is 12.1 Å². The topological polar surface area (TPSA) is 47.1 Å². The van der Waals surface area contributed by atoms with Crippen molar-refractivity contribution >= 4 is 32.9 Å². The number of fused-ring (bicyclic) bond motifs is 1. The lowest BCUT2D eigenvalue weighted by molar-refractivity contribution is 0.292. The molecule has 4 nitrogen and oxygen atoms in total. The predicted octanol–water partition coefficient (Wildman–Crippen LogP) is 2.72. The summed E-state index contributed by atoms with van der Waals surface area (Å²) in [6.07, 6.45) is 0. The van der Waals surface area contributed by atoms with E-state index < -0.39 is 0 Å². The molecule has 2 N–H and O–H groups in total. The molecule has 5 heteroatoms. The third-order valence-electron chi connectivity index (χ3n) is 3.27. The summed E-state index contributed by atoms with van der Waals surface area (Å²) in [4.78, 5) is 6.77.